The first-order chi connectivity index (χ1) is 6.86. The molecule has 4 heteroatoms. The number of nitriles is 1. The first kappa shape index (κ1) is 13.9. The predicted octanol–water partition coefficient (Wildman–Crippen LogP) is 1.12. The summed E-state index contributed by atoms with van der Waals surface area (Å²) in [5.41, 5.74) is 5.02. The molecular formula is C11H21N3O. The van der Waals surface area contributed by atoms with Crippen molar-refractivity contribution in [2.45, 2.75) is 40.2 Å². The summed E-state index contributed by atoms with van der Waals surface area (Å²) >= 11 is 0. The molecule has 0 unspecified atom stereocenters. The van der Waals surface area contributed by atoms with Crippen LogP contribution >= 0.6 is 0 Å². The van der Waals surface area contributed by atoms with Crippen LogP contribution in [0.2, 0.25) is 0 Å². The highest BCUT2D eigenvalue weighted by atomic mass is 16.2. The Labute approximate surface area is 92.0 Å². The number of nitrogens with zero attached hydrogens (tertiary/aromatic N) is 2. The summed E-state index contributed by atoms with van der Waals surface area (Å²) in [6.07, 6.45) is 0.366. The molecule has 86 valence electrons. The van der Waals surface area contributed by atoms with E-state index in [0.717, 1.165) is 0 Å². The molecule has 1 amide bonds. The van der Waals surface area contributed by atoms with E-state index in [-0.39, 0.29) is 11.9 Å². The minimum Gasteiger partial charge on any atom is -0.339 e. The normalized spacial score (nSPS) is 11.3. The lowest BCUT2D eigenvalue weighted by Crippen LogP contribution is -2.47. The van der Waals surface area contributed by atoms with Crippen molar-refractivity contribution in [3.8, 4) is 6.07 Å². The fourth-order valence-corrected chi connectivity index (χ4v) is 1.24. The van der Waals surface area contributed by atoms with E-state index in [4.69, 9.17) is 11.0 Å². The zero-order valence-electron chi connectivity index (χ0n) is 10.1. The molecule has 0 bridgehead atoms. The number of nitrogens with two attached hydrogens (primary N) is 1. The minimum atomic E-state index is -0.542. The molecule has 0 aromatic rings. The molecule has 0 heterocycles. The number of rotatable bonds is 5. The Kier molecular flexibility index (Phi) is 5.31. The second-order valence-corrected chi connectivity index (χ2v) is 4.59. The molecule has 0 radical (unpaired) electrons. The average molecular weight is 211 g/mol. The first-order valence-corrected chi connectivity index (χ1v) is 5.25. The van der Waals surface area contributed by atoms with E-state index in [0.29, 0.717) is 19.5 Å². The highest BCUT2D eigenvalue weighted by Gasteiger charge is 2.31. The van der Waals surface area contributed by atoms with E-state index in [2.05, 4.69) is 6.07 Å². The van der Waals surface area contributed by atoms with E-state index in [1.807, 2.05) is 27.7 Å². The Hall–Kier alpha value is -1.08. The summed E-state index contributed by atoms with van der Waals surface area (Å²) < 4.78 is 0. The maximum absolute atomic E-state index is 12.1. The van der Waals surface area contributed by atoms with Gasteiger partial charge in [-0.05, 0) is 27.7 Å². The third kappa shape index (κ3) is 3.88. The van der Waals surface area contributed by atoms with E-state index >= 15 is 0 Å². The van der Waals surface area contributed by atoms with E-state index in [1.165, 1.54) is 0 Å². The maximum Gasteiger partial charge on any atom is 0.229 e. The van der Waals surface area contributed by atoms with Crippen molar-refractivity contribution < 1.29 is 4.79 Å². The molecule has 0 rings (SSSR count). The zero-order chi connectivity index (χ0) is 12.1. The van der Waals surface area contributed by atoms with Gasteiger partial charge in [0.1, 0.15) is 0 Å². The van der Waals surface area contributed by atoms with E-state index in [1.54, 1.807) is 4.90 Å². The highest BCUT2D eigenvalue weighted by molar-refractivity contribution is 5.82. The number of hydrogen-bond acceptors (Lipinski definition) is 3. The molecule has 2 N–H and O–H groups in total. The average Bonchev–Trinajstić information content (AvgIpc) is 2.17. The van der Waals surface area contributed by atoms with Crippen molar-refractivity contribution in [1.29, 1.82) is 5.26 Å². The lowest BCUT2D eigenvalue weighted by Gasteiger charge is -2.33. The van der Waals surface area contributed by atoms with Crippen LogP contribution in [0.25, 0.3) is 0 Å². The molecule has 0 saturated carbocycles. The summed E-state index contributed by atoms with van der Waals surface area (Å²) in [6.45, 7) is 8.36. The van der Waals surface area contributed by atoms with Crippen LogP contribution in [0.5, 0.6) is 0 Å². The van der Waals surface area contributed by atoms with Gasteiger partial charge in [0, 0.05) is 19.1 Å². The molecule has 0 aromatic carbocycles. The van der Waals surface area contributed by atoms with Crippen LogP contribution in [0.1, 0.15) is 34.1 Å². The van der Waals surface area contributed by atoms with Gasteiger partial charge in [0.25, 0.3) is 0 Å². The van der Waals surface area contributed by atoms with Crippen molar-refractivity contribution in [2.24, 2.45) is 11.1 Å². The van der Waals surface area contributed by atoms with Crippen molar-refractivity contribution in [3.05, 3.63) is 0 Å². The summed E-state index contributed by atoms with van der Waals surface area (Å²) in [6, 6.07) is 2.16. The van der Waals surface area contributed by atoms with Gasteiger partial charge in [-0.3, -0.25) is 4.79 Å². The Balaban J connectivity index is 4.64. The molecule has 0 aromatic heterocycles. The molecule has 15 heavy (non-hydrogen) atoms. The third-order valence-electron chi connectivity index (χ3n) is 2.44. The summed E-state index contributed by atoms with van der Waals surface area (Å²) in [5, 5.41) is 8.53. The monoisotopic (exact) mass is 211 g/mol. The summed E-state index contributed by atoms with van der Waals surface area (Å²) in [4.78, 5) is 13.8. The number of carbonyl (C=O) groups excluding carboxylic acids is 1. The topological polar surface area (TPSA) is 70.1 Å². The molecule has 0 fully saturated rings. The molecular weight excluding hydrogens is 190 g/mol. The molecule has 4 nitrogen and oxygen atoms in total. The molecule has 0 saturated heterocycles. The van der Waals surface area contributed by atoms with Gasteiger partial charge in [-0.2, -0.15) is 5.26 Å². The third-order valence-corrected chi connectivity index (χ3v) is 2.44. The van der Waals surface area contributed by atoms with Crippen LogP contribution in [0.15, 0.2) is 0 Å². The standard InChI is InChI=1S/C11H21N3O/c1-9(2)14(7-5-6-12)10(15)11(3,4)8-13/h9H,5,7-8,13H2,1-4H3. The van der Waals surface area contributed by atoms with Crippen LogP contribution in [0.3, 0.4) is 0 Å². The summed E-state index contributed by atoms with van der Waals surface area (Å²) in [7, 11) is 0. The Morgan fingerprint density at radius 1 is 1.53 bits per heavy atom. The highest BCUT2D eigenvalue weighted by Crippen LogP contribution is 2.18. The van der Waals surface area contributed by atoms with Gasteiger partial charge in [0.05, 0.1) is 17.9 Å². The van der Waals surface area contributed by atoms with Crippen LogP contribution in [0, 0.1) is 16.7 Å². The Morgan fingerprint density at radius 2 is 2.07 bits per heavy atom. The largest absolute Gasteiger partial charge is 0.339 e. The lowest BCUT2D eigenvalue weighted by atomic mass is 9.91. The van der Waals surface area contributed by atoms with E-state index < -0.39 is 5.41 Å². The van der Waals surface area contributed by atoms with Crippen LogP contribution in [-0.4, -0.2) is 29.9 Å². The molecule has 0 spiro atoms. The van der Waals surface area contributed by atoms with Gasteiger partial charge in [-0.1, -0.05) is 0 Å². The van der Waals surface area contributed by atoms with Gasteiger partial charge in [0.15, 0.2) is 0 Å². The van der Waals surface area contributed by atoms with Crippen molar-refractivity contribution in [3.63, 3.8) is 0 Å². The molecule has 0 atom stereocenters. The van der Waals surface area contributed by atoms with Gasteiger partial charge < -0.3 is 10.6 Å². The molecule has 0 aliphatic carbocycles. The number of carbonyl (C=O) groups is 1. The molecule has 0 aliphatic rings. The SMILES string of the molecule is CC(C)N(CCC#N)C(=O)C(C)(C)CN. The number of hydrogen-bond donors (Lipinski definition) is 1. The van der Waals surface area contributed by atoms with Crippen LogP contribution in [0.4, 0.5) is 0 Å². The second kappa shape index (κ2) is 5.72. The first-order valence-electron chi connectivity index (χ1n) is 5.25. The zero-order valence-corrected chi connectivity index (χ0v) is 10.1. The Bertz CT molecular complexity index is 253. The van der Waals surface area contributed by atoms with E-state index in [9.17, 15) is 4.79 Å². The van der Waals surface area contributed by atoms with Crippen LogP contribution in [-0.2, 0) is 4.79 Å². The lowest BCUT2D eigenvalue weighted by molar-refractivity contribution is -0.141. The van der Waals surface area contributed by atoms with Crippen molar-refractivity contribution >= 4 is 5.91 Å². The summed E-state index contributed by atoms with van der Waals surface area (Å²) in [5.74, 6) is 0.0234. The Morgan fingerprint density at radius 3 is 2.40 bits per heavy atom. The smallest absolute Gasteiger partial charge is 0.229 e. The van der Waals surface area contributed by atoms with Crippen LogP contribution < -0.4 is 5.73 Å². The fourth-order valence-electron chi connectivity index (χ4n) is 1.24. The minimum absolute atomic E-state index is 0.0234. The van der Waals surface area contributed by atoms with Gasteiger partial charge >= 0.3 is 0 Å². The fraction of sp³-hybridized carbons (Fsp3) is 0.818. The van der Waals surface area contributed by atoms with Crippen molar-refractivity contribution in [1.82, 2.24) is 4.90 Å². The van der Waals surface area contributed by atoms with Crippen molar-refractivity contribution in [2.75, 3.05) is 13.1 Å². The van der Waals surface area contributed by atoms with Gasteiger partial charge in [-0.25, -0.2) is 0 Å². The quantitative estimate of drug-likeness (QED) is 0.741. The predicted molar refractivity (Wildman–Crippen MR) is 59.9 cm³/mol. The number of amides is 1. The second-order valence-electron chi connectivity index (χ2n) is 4.59. The van der Waals surface area contributed by atoms with Gasteiger partial charge in [0.2, 0.25) is 5.91 Å². The maximum atomic E-state index is 12.1. The van der Waals surface area contributed by atoms with Gasteiger partial charge in [-0.15, -0.1) is 0 Å². The molecule has 0 aliphatic heterocycles.